The molecule has 0 aliphatic carbocycles. The van der Waals surface area contributed by atoms with E-state index in [0.717, 1.165) is 15.7 Å². The largest absolute Gasteiger partial charge is 0.398 e. The van der Waals surface area contributed by atoms with E-state index in [1.807, 2.05) is 5.38 Å². The average molecular weight is 240 g/mol. The van der Waals surface area contributed by atoms with Gasteiger partial charge in [-0.3, -0.25) is 0 Å². The Morgan fingerprint density at radius 3 is 3.07 bits per heavy atom. The number of nitrogens with two attached hydrogens (primary N) is 1. The van der Waals surface area contributed by atoms with E-state index in [-0.39, 0.29) is 5.82 Å². The molecular formula is C10H9FN2S2. The number of benzene rings is 1. The lowest BCUT2D eigenvalue weighted by molar-refractivity contribution is 0.624. The van der Waals surface area contributed by atoms with Crippen LogP contribution in [0.3, 0.4) is 0 Å². The zero-order valence-electron chi connectivity index (χ0n) is 7.81. The Bertz CT molecular complexity index is 443. The minimum Gasteiger partial charge on any atom is -0.398 e. The summed E-state index contributed by atoms with van der Waals surface area (Å²) in [5.74, 6) is 0.469. The van der Waals surface area contributed by atoms with Crippen LogP contribution in [-0.4, -0.2) is 4.98 Å². The van der Waals surface area contributed by atoms with Gasteiger partial charge in [-0.1, -0.05) is 0 Å². The van der Waals surface area contributed by atoms with Crippen LogP contribution in [0.5, 0.6) is 0 Å². The normalized spacial score (nSPS) is 10.5. The van der Waals surface area contributed by atoms with Crippen LogP contribution in [0, 0.1) is 5.82 Å². The minimum atomic E-state index is -0.258. The summed E-state index contributed by atoms with van der Waals surface area (Å²) >= 11 is 3.09. The summed E-state index contributed by atoms with van der Waals surface area (Å²) in [6.45, 7) is 0. The van der Waals surface area contributed by atoms with Gasteiger partial charge in [-0.15, -0.1) is 23.1 Å². The maximum absolute atomic E-state index is 12.9. The molecule has 0 saturated carbocycles. The molecule has 15 heavy (non-hydrogen) atoms. The molecule has 0 saturated heterocycles. The van der Waals surface area contributed by atoms with E-state index >= 15 is 0 Å². The summed E-state index contributed by atoms with van der Waals surface area (Å²) in [6.07, 6.45) is 1.76. The predicted octanol–water partition coefficient (Wildman–Crippen LogP) is 3.16. The lowest BCUT2D eigenvalue weighted by atomic mass is 10.3. The first kappa shape index (κ1) is 10.4. The molecule has 1 heterocycles. The van der Waals surface area contributed by atoms with Gasteiger partial charge in [0.2, 0.25) is 0 Å². The molecule has 0 amide bonds. The van der Waals surface area contributed by atoms with Crippen LogP contribution >= 0.6 is 23.1 Å². The molecule has 78 valence electrons. The van der Waals surface area contributed by atoms with E-state index in [1.165, 1.54) is 23.9 Å². The molecule has 1 aromatic carbocycles. The van der Waals surface area contributed by atoms with Gasteiger partial charge in [0.25, 0.3) is 0 Å². The van der Waals surface area contributed by atoms with Crippen LogP contribution in [-0.2, 0) is 5.75 Å². The number of halogens is 1. The molecule has 1 aromatic heterocycles. The predicted molar refractivity (Wildman–Crippen MR) is 62.5 cm³/mol. The Hall–Kier alpha value is -1.07. The maximum Gasteiger partial charge on any atom is 0.124 e. The van der Waals surface area contributed by atoms with Gasteiger partial charge in [0, 0.05) is 22.2 Å². The van der Waals surface area contributed by atoms with Crippen LogP contribution in [0.15, 0.2) is 34.7 Å². The number of aromatic nitrogens is 1. The average Bonchev–Trinajstić information content (AvgIpc) is 2.72. The van der Waals surface area contributed by atoms with Crippen LogP contribution in [0.1, 0.15) is 5.01 Å². The SMILES string of the molecule is Nc1ccc(F)cc1SCc1nccs1. The third-order valence-corrected chi connectivity index (χ3v) is 3.85. The molecule has 0 unspecified atom stereocenters. The number of nitrogen functional groups attached to an aromatic ring is 1. The van der Waals surface area contributed by atoms with Crippen molar-refractivity contribution in [3.8, 4) is 0 Å². The molecule has 2 N–H and O–H groups in total. The van der Waals surface area contributed by atoms with Gasteiger partial charge in [0.05, 0.1) is 5.75 Å². The van der Waals surface area contributed by atoms with Crippen molar-refractivity contribution in [1.29, 1.82) is 0 Å². The first-order valence-electron chi connectivity index (χ1n) is 4.32. The summed E-state index contributed by atoms with van der Waals surface area (Å²) in [7, 11) is 0. The van der Waals surface area contributed by atoms with Gasteiger partial charge in [-0.05, 0) is 18.2 Å². The Kier molecular flexibility index (Phi) is 3.23. The van der Waals surface area contributed by atoms with Crippen molar-refractivity contribution in [3.63, 3.8) is 0 Å². The number of anilines is 1. The first-order valence-corrected chi connectivity index (χ1v) is 6.18. The van der Waals surface area contributed by atoms with E-state index in [1.54, 1.807) is 23.6 Å². The van der Waals surface area contributed by atoms with E-state index in [4.69, 9.17) is 5.73 Å². The van der Waals surface area contributed by atoms with Crippen LogP contribution < -0.4 is 5.73 Å². The van der Waals surface area contributed by atoms with E-state index < -0.39 is 0 Å². The molecule has 0 atom stereocenters. The topological polar surface area (TPSA) is 38.9 Å². The van der Waals surface area contributed by atoms with E-state index in [2.05, 4.69) is 4.98 Å². The van der Waals surface area contributed by atoms with Gasteiger partial charge >= 0.3 is 0 Å². The van der Waals surface area contributed by atoms with E-state index in [9.17, 15) is 4.39 Å². The minimum absolute atomic E-state index is 0.258. The number of thioether (sulfide) groups is 1. The van der Waals surface area contributed by atoms with Gasteiger partial charge < -0.3 is 5.73 Å². The highest BCUT2D eigenvalue weighted by atomic mass is 32.2. The number of nitrogens with zero attached hydrogens (tertiary/aromatic N) is 1. The fourth-order valence-corrected chi connectivity index (χ4v) is 2.73. The summed E-state index contributed by atoms with van der Waals surface area (Å²) in [4.78, 5) is 4.92. The zero-order valence-corrected chi connectivity index (χ0v) is 9.45. The lowest BCUT2D eigenvalue weighted by Gasteiger charge is -2.03. The Morgan fingerprint density at radius 2 is 2.33 bits per heavy atom. The molecule has 5 heteroatoms. The van der Waals surface area contributed by atoms with Crippen molar-refractivity contribution in [2.24, 2.45) is 0 Å². The van der Waals surface area contributed by atoms with Crippen molar-refractivity contribution in [2.45, 2.75) is 10.6 Å². The van der Waals surface area contributed by atoms with Gasteiger partial charge in [-0.2, -0.15) is 0 Å². The van der Waals surface area contributed by atoms with Crippen molar-refractivity contribution >= 4 is 28.8 Å². The van der Waals surface area contributed by atoms with Crippen molar-refractivity contribution < 1.29 is 4.39 Å². The summed E-state index contributed by atoms with van der Waals surface area (Å²) in [5.41, 5.74) is 6.33. The summed E-state index contributed by atoms with van der Waals surface area (Å²) < 4.78 is 12.9. The number of rotatable bonds is 3. The summed E-state index contributed by atoms with van der Waals surface area (Å²) in [5, 5.41) is 2.94. The fourth-order valence-electron chi connectivity index (χ4n) is 1.10. The second kappa shape index (κ2) is 4.63. The second-order valence-corrected chi connectivity index (χ2v) is 4.89. The smallest absolute Gasteiger partial charge is 0.124 e. The highest BCUT2D eigenvalue weighted by Gasteiger charge is 2.03. The Labute approximate surface area is 95.3 Å². The Morgan fingerprint density at radius 1 is 1.47 bits per heavy atom. The van der Waals surface area contributed by atoms with Crippen molar-refractivity contribution in [1.82, 2.24) is 4.98 Å². The van der Waals surface area contributed by atoms with Gasteiger partial charge in [0.15, 0.2) is 0 Å². The Balaban J connectivity index is 2.07. The van der Waals surface area contributed by atoms with Gasteiger partial charge in [-0.25, -0.2) is 9.37 Å². The highest BCUT2D eigenvalue weighted by Crippen LogP contribution is 2.29. The number of thiazole rings is 1. The molecular weight excluding hydrogens is 231 g/mol. The van der Waals surface area contributed by atoms with Crippen molar-refractivity contribution in [3.05, 3.63) is 40.6 Å². The number of hydrogen-bond acceptors (Lipinski definition) is 4. The monoisotopic (exact) mass is 240 g/mol. The van der Waals surface area contributed by atoms with Crippen molar-refractivity contribution in [2.75, 3.05) is 5.73 Å². The maximum atomic E-state index is 12.9. The third kappa shape index (κ3) is 2.70. The molecule has 0 spiro atoms. The lowest BCUT2D eigenvalue weighted by Crippen LogP contribution is -1.89. The fraction of sp³-hybridized carbons (Fsp3) is 0.100. The second-order valence-electron chi connectivity index (χ2n) is 2.90. The van der Waals surface area contributed by atoms with E-state index in [0.29, 0.717) is 5.69 Å². The summed E-state index contributed by atoms with van der Waals surface area (Å²) in [6, 6.07) is 4.40. The van der Waals surface area contributed by atoms with Crippen LogP contribution in [0.4, 0.5) is 10.1 Å². The molecule has 0 aliphatic rings. The highest BCUT2D eigenvalue weighted by molar-refractivity contribution is 7.98. The first-order chi connectivity index (χ1) is 7.25. The zero-order chi connectivity index (χ0) is 10.7. The third-order valence-electron chi connectivity index (χ3n) is 1.81. The van der Waals surface area contributed by atoms with Crippen LogP contribution in [0.25, 0.3) is 0 Å². The number of hydrogen-bond donors (Lipinski definition) is 1. The standard InChI is InChI=1S/C10H9FN2S2/c11-7-1-2-8(12)9(5-7)15-6-10-13-3-4-14-10/h1-5H,6,12H2. The van der Waals surface area contributed by atoms with Gasteiger partial charge in [0.1, 0.15) is 10.8 Å². The molecule has 0 bridgehead atoms. The molecule has 0 fully saturated rings. The molecule has 0 aliphatic heterocycles. The quantitative estimate of drug-likeness (QED) is 0.661. The van der Waals surface area contributed by atoms with Crippen LogP contribution in [0.2, 0.25) is 0 Å². The molecule has 2 aromatic rings. The molecule has 2 rings (SSSR count). The molecule has 0 radical (unpaired) electrons. The molecule has 2 nitrogen and oxygen atoms in total.